The third kappa shape index (κ3) is 3.84. The van der Waals surface area contributed by atoms with Gasteiger partial charge in [0.1, 0.15) is 5.75 Å². The number of nitro benzene ring substituents is 1. The molecule has 0 bridgehead atoms. The van der Waals surface area contributed by atoms with E-state index in [2.05, 4.69) is 5.32 Å². The number of non-ortho nitro benzene ring substituents is 1. The molecule has 0 aliphatic rings. The predicted molar refractivity (Wildman–Crippen MR) is 69.6 cm³/mol. The average Bonchev–Trinajstić information content (AvgIpc) is 2.35. The summed E-state index contributed by atoms with van der Waals surface area (Å²) >= 11 is 0. The molecule has 1 aromatic rings. The maximum Gasteiger partial charge on any atom is 0.310 e. The lowest BCUT2D eigenvalue weighted by atomic mass is 9.94. The molecule has 19 heavy (non-hydrogen) atoms. The number of carbonyl (C=O) groups is 1. The van der Waals surface area contributed by atoms with Gasteiger partial charge in [0.25, 0.3) is 5.69 Å². The van der Waals surface area contributed by atoms with Crippen molar-refractivity contribution in [3.63, 3.8) is 0 Å². The van der Waals surface area contributed by atoms with Crippen LogP contribution >= 0.6 is 0 Å². The molecule has 0 amide bonds. The van der Waals surface area contributed by atoms with E-state index in [0.717, 1.165) is 0 Å². The van der Waals surface area contributed by atoms with Crippen LogP contribution in [0.4, 0.5) is 11.4 Å². The predicted octanol–water partition coefficient (Wildman–Crippen LogP) is 2.13. The molecule has 7 heteroatoms. The first-order chi connectivity index (χ1) is 8.76. The summed E-state index contributed by atoms with van der Waals surface area (Å²) in [6, 6.07) is 4.21. The van der Waals surface area contributed by atoms with Gasteiger partial charge in [-0.1, -0.05) is 0 Å². The highest BCUT2D eigenvalue weighted by molar-refractivity contribution is 5.74. The quantitative estimate of drug-likeness (QED) is 0.605. The number of benzene rings is 1. The number of nitrogens with zero attached hydrogens (tertiary/aromatic N) is 1. The lowest BCUT2D eigenvalue weighted by Crippen LogP contribution is -2.31. The van der Waals surface area contributed by atoms with Crippen LogP contribution in [0.3, 0.4) is 0 Å². The minimum absolute atomic E-state index is 0.116. The van der Waals surface area contributed by atoms with Crippen molar-refractivity contribution < 1.29 is 19.6 Å². The zero-order valence-electron chi connectivity index (χ0n) is 11.0. The van der Waals surface area contributed by atoms with Crippen LogP contribution in [0.5, 0.6) is 5.75 Å². The number of ether oxygens (including phenoxy) is 1. The van der Waals surface area contributed by atoms with Crippen LogP contribution in [-0.4, -0.2) is 29.7 Å². The number of methoxy groups -OCH3 is 1. The molecule has 1 rings (SSSR count). The van der Waals surface area contributed by atoms with Crippen LogP contribution in [0, 0.1) is 15.5 Å². The summed E-state index contributed by atoms with van der Waals surface area (Å²) in [4.78, 5) is 21.2. The van der Waals surface area contributed by atoms with E-state index in [1.807, 2.05) is 0 Å². The number of hydrogen-bond acceptors (Lipinski definition) is 5. The smallest absolute Gasteiger partial charge is 0.310 e. The Hall–Kier alpha value is -2.31. The Morgan fingerprint density at radius 1 is 1.47 bits per heavy atom. The first-order valence-corrected chi connectivity index (χ1v) is 5.57. The monoisotopic (exact) mass is 268 g/mol. The van der Waals surface area contributed by atoms with Crippen LogP contribution in [-0.2, 0) is 4.79 Å². The van der Waals surface area contributed by atoms with Crippen molar-refractivity contribution in [2.75, 3.05) is 19.0 Å². The molecule has 0 saturated carbocycles. The van der Waals surface area contributed by atoms with Crippen molar-refractivity contribution in [1.29, 1.82) is 0 Å². The molecule has 0 saturated heterocycles. The van der Waals surface area contributed by atoms with Gasteiger partial charge in [-0.25, -0.2) is 0 Å². The van der Waals surface area contributed by atoms with Gasteiger partial charge in [0.2, 0.25) is 0 Å². The maximum absolute atomic E-state index is 11.0. The van der Waals surface area contributed by atoms with Gasteiger partial charge in [-0.2, -0.15) is 0 Å². The number of rotatable bonds is 6. The van der Waals surface area contributed by atoms with E-state index in [9.17, 15) is 14.9 Å². The molecule has 104 valence electrons. The summed E-state index contributed by atoms with van der Waals surface area (Å²) in [5, 5.41) is 22.6. The Morgan fingerprint density at radius 2 is 2.11 bits per heavy atom. The molecule has 0 radical (unpaired) electrons. The van der Waals surface area contributed by atoms with E-state index in [1.165, 1.54) is 19.2 Å². The van der Waals surface area contributed by atoms with Crippen molar-refractivity contribution in [3.05, 3.63) is 28.3 Å². The molecular formula is C12H16N2O5. The number of carboxylic acid groups (broad SMARTS) is 1. The van der Waals surface area contributed by atoms with E-state index < -0.39 is 16.3 Å². The first-order valence-electron chi connectivity index (χ1n) is 5.57. The standard InChI is InChI=1S/C12H16N2O5/c1-12(2,11(15)16)7-13-8-4-9(14(17)18)6-10(5-8)19-3/h4-6,13H,7H2,1-3H3,(H,15,16). The lowest BCUT2D eigenvalue weighted by molar-refractivity contribution is -0.384. The minimum Gasteiger partial charge on any atom is -0.496 e. The minimum atomic E-state index is -0.974. The summed E-state index contributed by atoms with van der Waals surface area (Å²) in [6.45, 7) is 3.28. The van der Waals surface area contributed by atoms with Crippen molar-refractivity contribution in [2.24, 2.45) is 5.41 Å². The molecule has 0 aliphatic heterocycles. The summed E-state index contributed by atoms with van der Waals surface area (Å²) in [7, 11) is 1.41. The third-order valence-electron chi connectivity index (χ3n) is 2.65. The Bertz CT molecular complexity index is 499. The van der Waals surface area contributed by atoms with Gasteiger partial charge in [-0.15, -0.1) is 0 Å². The van der Waals surface area contributed by atoms with E-state index >= 15 is 0 Å². The molecule has 0 atom stereocenters. The molecule has 7 nitrogen and oxygen atoms in total. The van der Waals surface area contributed by atoms with Crippen LogP contribution in [0.15, 0.2) is 18.2 Å². The molecule has 0 heterocycles. The fourth-order valence-corrected chi connectivity index (χ4v) is 1.31. The summed E-state index contributed by atoms with van der Waals surface area (Å²) in [6.07, 6.45) is 0. The van der Waals surface area contributed by atoms with Gasteiger partial charge in [0.15, 0.2) is 0 Å². The molecule has 0 aliphatic carbocycles. The van der Waals surface area contributed by atoms with E-state index in [-0.39, 0.29) is 12.2 Å². The third-order valence-corrected chi connectivity index (χ3v) is 2.65. The number of nitrogens with one attached hydrogen (secondary N) is 1. The van der Waals surface area contributed by atoms with Gasteiger partial charge >= 0.3 is 5.97 Å². The lowest BCUT2D eigenvalue weighted by Gasteiger charge is -2.20. The highest BCUT2D eigenvalue weighted by atomic mass is 16.6. The van der Waals surface area contributed by atoms with Gasteiger partial charge in [-0.3, -0.25) is 14.9 Å². The number of hydrogen-bond donors (Lipinski definition) is 2. The second kappa shape index (κ2) is 5.55. The van der Waals surface area contributed by atoms with E-state index in [1.54, 1.807) is 19.9 Å². The molecular weight excluding hydrogens is 252 g/mol. The zero-order valence-corrected chi connectivity index (χ0v) is 11.0. The number of carboxylic acids is 1. The molecule has 1 aromatic carbocycles. The second-order valence-corrected chi connectivity index (χ2v) is 4.72. The summed E-state index contributed by atoms with van der Waals surface area (Å²) in [5.74, 6) is -0.609. The maximum atomic E-state index is 11.0. The zero-order chi connectivity index (χ0) is 14.6. The summed E-state index contributed by atoms with van der Waals surface area (Å²) < 4.78 is 4.96. The molecule has 0 aromatic heterocycles. The van der Waals surface area contributed by atoms with Crippen LogP contribution in [0.25, 0.3) is 0 Å². The van der Waals surface area contributed by atoms with Crippen LogP contribution in [0.2, 0.25) is 0 Å². The summed E-state index contributed by atoms with van der Waals surface area (Å²) in [5.41, 5.74) is -0.645. The Labute approximate surface area is 110 Å². The van der Waals surface area contributed by atoms with E-state index in [0.29, 0.717) is 11.4 Å². The van der Waals surface area contributed by atoms with Crippen LogP contribution < -0.4 is 10.1 Å². The Morgan fingerprint density at radius 3 is 2.58 bits per heavy atom. The Kier molecular flexibility index (Phi) is 4.31. The molecule has 0 unspecified atom stereocenters. The normalized spacial score (nSPS) is 10.9. The van der Waals surface area contributed by atoms with Crippen molar-refractivity contribution in [2.45, 2.75) is 13.8 Å². The topological polar surface area (TPSA) is 102 Å². The average molecular weight is 268 g/mol. The van der Waals surface area contributed by atoms with Crippen LogP contribution in [0.1, 0.15) is 13.8 Å². The SMILES string of the molecule is COc1cc(NCC(C)(C)C(=O)O)cc([N+](=O)[O-])c1. The number of aliphatic carboxylic acids is 1. The molecule has 0 spiro atoms. The number of nitro groups is 1. The Balaban J connectivity index is 2.92. The largest absolute Gasteiger partial charge is 0.496 e. The van der Waals surface area contributed by atoms with E-state index in [4.69, 9.17) is 9.84 Å². The molecule has 2 N–H and O–H groups in total. The fraction of sp³-hybridized carbons (Fsp3) is 0.417. The highest BCUT2D eigenvalue weighted by Crippen LogP contribution is 2.27. The highest BCUT2D eigenvalue weighted by Gasteiger charge is 2.27. The van der Waals surface area contributed by atoms with Gasteiger partial charge < -0.3 is 15.2 Å². The van der Waals surface area contributed by atoms with Gasteiger partial charge in [0, 0.05) is 24.4 Å². The molecule has 0 fully saturated rings. The second-order valence-electron chi connectivity index (χ2n) is 4.72. The van der Waals surface area contributed by atoms with Gasteiger partial charge in [-0.05, 0) is 13.8 Å². The van der Waals surface area contributed by atoms with Gasteiger partial charge in [0.05, 0.1) is 23.5 Å². The first kappa shape index (κ1) is 14.7. The van der Waals surface area contributed by atoms with Crippen molar-refractivity contribution in [1.82, 2.24) is 0 Å². The fourth-order valence-electron chi connectivity index (χ4n) is 1.31. The van der Waals surface area contributed by atoms with Crippen molar-refractivity contribution >= 4 is 17.3 Å². The number of anilines is 1. The van der Waals surface area contributed by atoms with Crippen molar-refractivity contribution in [3.8, 4) is 5.75 Å².